The van der Waals surface area contributed by atoms with E-state index < -0.39 is 4.92 Å². The van der Waals surface area contributed by atoms with Crippen molar-refractivity contribution in [3.05, 3.63) is 50.6 Å². The maximum atomic E-state index is 10.8. The number of thiazole rings is 1. The molecule has 0 aliphatic heterocycles. The molecule has 2 aromatic heterocycles. The van der Waals surface area contributed by atoms with Crippen LogP contribution < -0.4 is 11.5 Å². The second-order valence-corrected chi connectivity index (χ2v) is 6.46. The van der Waals surface area contributed by atoms with Crippen LogP contribution in [0.4, 0.5) is 5.69 Å². The number of hydrogen-bond acceptors (Lipinski definition) is 6. The molecule has 9 nitrogen and oxygen atoms in total. The van der Waals surface area contributed by atoms with Crippen molar-refractivity contribution in [1.29, 1.82) is 0 Å². The van der Waals surface area contributed by atoms with Gasteiger partial charge < -0.3 is 11.5 Å². The second-order valence-electron chi connectivity index (χ2n) is 5.28. The Morgan fingerprint density at radius 2 is 1.96 bits per heavy atom. The molecule has 26 heavy (non-hydrogen) atoms. The number of hydrogen-bond donors (Lipinski definition) is 2. The van der Waals surface area contributed by atoms with Gasteiger partial charge in [-0.15, -0.1) is 28.8 Å². The quantitative estimate of drug-likeness (QED) is 0.303. The first kappa shape index (κ1) is 19.3. The smallest absolute Gasteiger partial charge is 0.269 e. The third-order valence-corrected chi connectivity index (χ3v) is 4.73. The standard InChI is InChI=1S/C15H15N7O2S.ClH/c1-8-9(2)25-15-19-13(10-3-5-11(6-4-10)22(23)24)12(21(8)15)7-18-20-14(16)17;/h3-7H,1-2H3,(H4,16,17,20);1H/b18-7+;. The first-order valence-electron chi connectivity index (χ1n) is 7.23. The third-order valence-electron chi connectivity index (χ3n) is 3.68. The van der Waals surface area contributed by atoms with E-state index in [0.717, 1.165) is 21.1 Å². The van der Waals surface area contributed by atoms with E-state index in [2.05, 4.69) is 15.2 Å². The highest BCUT2D eigenvalue weighted by Gasteiger charge is 2.18. The summed E-state index contributed by atoms with van der Waals surface area (Å²) in [6.45, 7) is 4.00. The van der Waals surface area contributed by atoms with E-state index in [9.17, 15) is 10.1 Å². The Kier molecular flexibility index (Phi) is 5.58. The normalized spacial score (nSPS) is 10.8. The molecular formula is C15H16ClN7O2S. The van der Waals surface area contributed by atoms with Crippen LogP contribution in [0, 0.1) is 24.0 Å². The zero-order valence-electron chi connectivity index (χ0n) is 13.9. The van der Waals surface area contributed by atoms with E-state index in [4.69, 9.17) is 11.5 Å². The van der Waals surface area contributed by atoms with Crippen LogP contribution in [0.2, 0.25) is 0 Å². The van der Waals surface area contributed by atoms with Crippen LogP contribution in [0.1, 0.15) is 16.3 Å². The molecule has 0 aliphatic rings. The molecule has 4 N–H and O–H groups in total. The molecule has 0 amide bonds. The van der Waals surface area contributed by atoms with Gasteiger partial charge in [-0.25, -0.2) is 4.98 Å². The molecule has 0 fully saturated rings. The van der Waals surface area contributed by atoms with Gasteiger partial charge in [0.1, 0.15) is 0 Å². The van der Waals surface area contributed by atoms with Crippen molar-refractivity contribution in [1.82, 2.24) is 9.38 Å². The maximum Gasteiger partial charge on any atom is 0.269 e. The number of halogens is 1. The monoisotopic (exact) mass is 393 g/mol. The zero-order valence-corrected chi connectivity index (χ0v) is 15.5. The molecule has 0 spiro atoms. The van der Waals surface area contributed by atoms with Gasteiger partial charge in [-0.1, -0.05) is 0 Å². The van der Waals surface area contributed by atoms with Crippen LogP contribution in [0.3, 0.4) is 0 Å². The van der Waals surface area contributed by atoms with Gasteiger partial charge in [0.25, 0.3) is 5.69 Å². The lowest BCUT2D eigenvalue weighted by molar-refractivity contribution is -0.384. The van der Waals surface area contributed by atoms with Crippen molar-refractivity contribution >= 4 is 46.6 Å². The summed E-state index contributed by atoms with van der Waals surface area (Å²) in [5.41, 5.74) is 13.8. The van der Waals surface area contributed by atoms with Gasteiger partial charge in [0.15, 0.2) is 4.96 Å². The van der Waals surface area contributed by atoms with Gasteiger partial charge >= 0.3 is 0 Å². The van der Waals surface area contributed by atoms with Gasteiger partial charge in [-0.3, -0.25) is 14.5 Å². The molecule has 1 aromatic carbocycles. The van der Waals surface area contributed by atoms with E-state index >= 15 is 0 Å². The number of nitrogens with zero attached hydrogens (tertiary/aromatic N) is 5. The lowest BCUT2D eigenvalue weighted by atomic mass is 10.1. The minimum atomic E-state index is -0.440. The predicted molar refractivity (Wildman–Crippen MR) is 105 cm³/mol. The number of benzene rings is 1. The molecule has 0 aliphatic carbocycles. The molecule has 136 valence electrons. The van der Waals surface area contributed by atoms with Gasteiger partial charge in [-0.2, -0.15) is 5.10 Å². The van der Waals surface area contributed by atoms with Crippen LogP contribution in [-0.4, -0.2) is 26.5 Å². The average Bonchev–Trinajstić information content (AvgIpc) is 3.05. The molecule has 0 unspecified atom stereocenters. The first-order chi connectivity index (χ1) is 11.9. The Morgan fingerprint density at radius 3 is 2.54 bits per heavy atom. The van der Waals surface area contributed by atoms with E-state index in [1.165, 1.54) is 18.3 Å². The van der Waals surface area contributed by atoms with E-state index in [-0.39, 0.29) is 24.1 Å². The highest BCUT2D eigenvalue weighted by molar-refractivity contribution is 7.17. The van der Waals surface area contributed by atoms with E-state index in [0.29, 0.717) is 11.4 Å². The number of nitro groups is 1. The lowest BCUT2D eigenvalue weighted by Gasteiger charge is -2.01. The van der Waals surface area contributed by atoms with E-state index in [1.54, 1.807) is 23.5 Å². The number of aryl methyl sites for hydroxylation is 2. The van der Waals surface area contributed by atoms with Crippen LogP contribution in [0.15, 0.2) is 34.5 Å². The number of nitrogens with two attached hydrogens (primary N) is 2. The average molecular weight is 394 g/mol. The summed E-state index contributed by atoms with van der Waals surface area (Å²) in [6.07, 6.45) is 1.52. The molecule has 3 rings (SSSR count). The fourth-order valence-electron chi connectivity index (χ4n) is 2.40. The molecule has 11 heteroatoms. The zero-order chi connectivity index (χ0) is 18.1. The topological polar surface area (TPSA) is 137 Å². The van der Waals surface area contributed by atoms with Crippen LogP contribution in [0.25, 0.3) is 16.2 Å². The van der Waals surface area contributed by atoms with Crippen molar-refractivity contribution in [3.63, 3.8) is 0 Å². The number of guanidine groups is 1. The number of rotatable bonds is 4. The number of imidazole rings is 1. The van der Waals surface area contributed by atoms with Gasteiger partial charge in [0, 0.05) is 28.3 Å². The van der Waals surface area contributed by atoms with Crippen molar-refractivity contribution in [3.8, 4) is 11.3 Å². The van der Waals surface area contributed by atoms with Gasteiger partial charge in [0.2, 0.25) is 5.96 Å². The fourth-order valence-corrected chi connectivity index (χ4v) is 3.37. The van der Waals surface area contributed by atoms with Crippen molar-refractivity contribution in [2.45, 2.75) is 13.8 Å². The summed E-state index contributed by atoms with van der Waals surface area (Å²) >= 11 is 1.55. The highest BCUT2D eigenvalue weighted by atomic mass is 35.5. The van der Waals surface area contributed by atoms with Gasteiger partial charge in [-0.05, 0) is 26.0 Å². The SMILES string of the molecule is Cc1sc2nc(-c3ccc([N+](=O)[O-])cc3)c(/C=N/N=C(N)N)n2c1C.Cl. The van der Waals surface area contributed by atoms with Crippen LogP contribution in [-0.2, 0) is 0 Å². The Balaban J connectivity index is 0.00000243. The number of nitro benzene ring substituents is 1. The molecule has 0 radical (unpaired) electrons. The summed E-state index contributed by atoms with van der Waals surface area (Å²) < 4.78 is 1.96. The molecule has 0 saturated heterocycles. The number of aromatic nitrogens is 2. The number of non-ortho nitro benzene ring substituents is 1. The Hall–Kier alpha value is -2.98. The first-order valence-corrected chi connectivity index (χ1v) is 8.05. The van der Waals surface area contributed by atoms with Crippen molar-refractivity contribution in [2.24, 2.45) is 21.7 Å². The summed E-state index contributed by atoms with van der Waals surface area (Å²) in [5.74, 6) is -0.146. The van der Waals surface area contributed by atoms with Crippen LogP contribution in [0.5, 0.6) is 0 Å². The summed E-state index contributed by atoms with van der Waals surface area (Å²) in [4.78, 5) is 17.0. The molecular weight excluding hydrogens is 378 g/mol. The summed E-state index contributed by atoms with van der Waals surface area (Å²) in [5, 5.41) is 18.4. The Labute approximate surface area is 158 Å². The second kappa shape index (κ2) is 7.50. The largest absolute Gasteiger partial charge is 0.369 e. The summed E-state index contributed by atoms with van der Waals surface area (Å²) in [7, 11) is 0. The molecule has 2 heterocycles. The Bertz CT molecular complexity index is 1020. The lowest BCUT2D eigenvalue weighted by Crippen LogP contribution is -2.21. The molecule has 0 bridgehead atoms. The number of fused-ring (bicyclic) bond motifs is 1. The van der Waals surface area contributed by atoms with Crippen LogP contribution >= 0.6 is 23.7 Å². The molecule has 0 atom stereocenters. The minimum absolute atomic E-state index is 0. The summed E-state index contributed by atoms with van der Waals surface area (Å²) in [6, 6.07) is 6.20. The van der Waals surface area contributed by atoms with Crippen molar-refractivity contribution in [2.75, 3.05) is 0 Å². The third kappa shape index (κ3) is 3.51. The minimum Gasteiger partial charge on any atom is -0.369 e. The maximum absolute atomic E-state index is 10.8. The molecule has 3 aromatic rings. The van der Waals surface area contributed by atoms with Crippen molar-refractivity contribution < 1.29 is 4.92 Å². The predicted octanol–water partition coefficient (Wildman–Crippen LogP) is 2.62. The highest BCUT2D eigenvalue weighted by Crippen LogP contribution is 2.30. The fraction of sp³-hybridized carbons (Fsp3) is 0.133. The van der Waals surface area contributed by atoms with Gasteiger partial charge in [0.05, 0.1) is 22.5 Å². The Morgan fingerprint density at radius 1 is 1.31 bits per heavy atom. The molecule has 0 saturated carbocycles. The van der Waals surface area contributed by atoms with E-state index in [1.807, 2.05) is 18.2 Å².